The Morgan fingerprint density at radius 3 is 2.55 bits per heavy atom. The van der Waals surface area contributed by atoms with Crippen molar-refractivity contribution in [2.45, 2.75) is 51.4 Å². The van der Waals surface area contributed by atoms with Crippen LogP contribution in [-0.4, -0.2) is 65.4 Å². The largest absolute Gasteiger partial charge is 0.493 e. The van der Waals surface area contributed by atoms with Crippen molar-refractivity contribution in [2.75, 3.05) is 20.8 Å². The number of hydrogen-bond donors (Lipinski definition) is 0. The molecule has 1 aliphatic heterocycles. The van der Waals surface area contributed by atoms with Crippen molar-refractivity contribution >= 4 is 34.6 Å². The van der Waals surface area contributed by atoms with E-state index in [0.717, 1.165) is 0 Å². The van der Waals surface area contributed by atoms with E-state index in [2.05, 4.69) is 9.97 Å². The number of esters is 1. The van der Waals surface area contributed by atoms with Gasteiger partial charge in [-0.25, -0.2) is 19.6 Å². The highest BCUT2D eigenvalue weighted by atomic mass is 35.5. The van der Waals surface area contributed by atoms with Gasteiger partial charge in [-0.3, -0.25) is 4.90 Å². The Morgan fingerprint density at radius 2 is 1.90 bits per heavy atom. The molecule has 2 atom stereocenters. The summed E-state index contributed by atoms with van der Waals surface area (Å²) in [6.07, 6.45) is 1.18. The fourth-order valence-electron chi connectivity index (χ4n) is 3.40. The van der Waals surface area contributed by atoms with Crippen molar-refractivity contribution in [1.82, 2.24) is 14.9 Å². The van der Waals surface area contributed by atoms with Crippen LogP contribution in [-0.2, 0) is 14.3 Å². The highest BCUT2D eigenvalue weighted by Crippen LogP contribution is 2.36. The average molecular weight is 452 g/mol. The number of amides is 1. The molecule has 0 unspecified atom stereocenters. The summed E-state index contributed by atoms with van der Waals surface area (Å²) >= 11 is 6.19. The van der Waals surface area contributed by atoms with E-state index in [4.69, 9.17) is 30.5 Å². The minimum absolute atomic E-state index is 0.242. The van der Waals surface area contributed by atoms with E-state index in [-0.39, 0.29) is 19.1 Å². The van der Waals surface area contributed by atoms with E-state index in [0.29, 0.717) is 34.0 Å². The summed E-state index contributed by atoms with van der Waals surface area (Å²) in [5.41, 5.74) is -0.0540. The molecule has 0 aliphatic carbocycles. The minimum Gasteiger partial charge on any atom is -0.493 e. The van der Waals surface area contributed by atoms with Gasteiger partial charge in [-0.2, -0.15) is 0 Å². The van der Waals surface area contributed by atoms with Crippen molar-refractivity contribution in [3.05, 3.63) is 23.6 Å². The van der Waals surface area contributed by atoms with Gasteiger partial charge in [0.25, 0.3) is 0 Å². The van der Waals surface area contributed by atoms with Gasteiger partial charge >= 0.3 is 12.1 Å². The van der Waals surface area contributed by atoms with E-state index in [9.17, 15) is 9.59 Å². The Morgan fingerprint density at radius 1 is 1.16 bits per heavy atom. The van der Waals surface area contributed by atoms with Crippen molar-refractivity contribution < 1.29 is 28.5 Å². The molecule has 0 saturated carbocycles. The highest BCUT2D eigenvalue weighted by molar-refractivity contribution is 6.34. The number of benzene rings is 1. The predicted molar refractivity (Wildman–Crippen MR) is 113 cm³/mol. The molecule has 2 aromatic rings. The first kappa shape index (κ1) is 22.9. The number of piperidine rings is 1. The Bertz CT molecular complexity index is 977. The van der Waals surface area contributed by atoms with Gasteiger partial charge in [0, 0.05) is 30.8 Å². The number of methoxy groups -OCH3 is 2. The summed E-state index contributed by atoms with van der Waals surface area (Å²) in [6.45, 7) is 5.59. The van der Waals surface area contributed by atoms with E-state index < -0.39 is 23.7 Å². The average Bonchev–Trinajstić information content (AvgIpc) is 2.72. The minimum atomic E-state index is -0.822. The van der Waals surface area contributed by atoms with E-state index in [1.54, 1.807) is 32.9 Å². The van der Waals surface area contributed by atoms with Gasteiger partial charge in [-0.1, -0.05) is 11.6 Å². The summed E-state index contributed by atoms with van der Waals surface area (Å²) < 4.78 is 22.0. The van der Waals surface area contributed by atoms with E-state index in [1.807, 2.05) is 0 Å². The van der Waals surface area contributed by atoms with Crippen LogP contribution in [0.1, 0.15) is 33.6 Å². The Labute approximate surface area is 185 Å². The van der Waals surface area contributed by atoms with Crippen LogP contribution in [0.5, 0.6) is 11.5 Å². The number of carbonyl (C=O) groups excluding carboxylic acids is 2. The normalized spacial score (nSPS) is 19.1. The maximum atomic E-state index is 12.6. The van der Waals surface area contributed by atoms with Crippen LogP contribution in [0.25, 0.3) is 10.9 Å². The molecule has 168 valence electrons. The number of ether oxygens (including phenoxy) is 4. The lowest BCUT2D eigenvalue weighted by molar-refractivity contribution is -0.149. The number of likely N-dealkylation sites (tertiary alicyclic amines) is 1. The summed E-state index contributed by atoms with van der Waals surface area (Å²) in [5.74, 6) is 0.401. The molecule has 9 nitrogen and oxygen atoms in total. The Kier molecular flexibility index (Phi) is 6.74. The zero-order valence-corrected chi connectivity index (χ0v) is 18.9. The molecular formula is C21H26ClN3O6. The number of hydrogen-bond acceptors (Lipinski definition) is 8. The lowest BCUT2D eigenvalue weighted by Gasteiger charge is -2.38. The van der Waals surface area contributed by atoms with Gasteiger partial charge in [0.15, 0.2) is 11.5 Å². The maximum absolute atomic E-state index is 12.6. The first-order valence-electron chi connectivity index (χ1n) is 9.85. The molecule has 10 heteroatoms. The first-order chi connectivity index (χ1) is 14.6. The van der Waals surface area contributed by atoms with Crippen LogP contribution in [0.2, 0.25) is 5.15 Å². The van der Waals surface area contributed by atoms with Crippen LogP contribution in [0.15, 0.2) is 18.5 Å². The molecule has 1 fully saturated rings. The monoisotopic (exact) mass is 451 g/mol. The van der Waals surface area contributed by atoms with Crippen molar-refractivity contribution in [2.24, 2.45) is 0 Å². The summed E-state index contributed by atoms with van der Waals surface area (Å²) in [6, 6.07) is 2.60. The first-order valence-corrected chi connectivity index (χ1v) is 10.2. The molecule has 0 spiro atoms. The standard InChI is InChI=1S/C21H26ClN3O6/c1-21(2,3)31-20(27)25-7-6-12(8-15(25)19(26)29-5)30-17-9-13-14(10-16(17)28-4)23-11-24-18(13)22/h9-12,15H,6-8H2,1-5H3/t12-,15+/m1/s1. The van der Waals surface area contributed by atoms with Gasteiger partial charge in [-0.15, -0.1) is 0 Å². The molecule has 3 rings (SSSR count). The fourth-order valence-corrected chi connectivity index (χ4v) is 3.60. The third-order valence-electron chi connectivity index (χ3n) is 4.82. The Balaban J connectivity index is 1.83. The number of aromatic nitrogens is 2. The highest BCUT2D eigenvalue weighted by Gasteiger charge is 2.40. The number of rotatable bonds is 4. The SMILES string of the molecule is COC(=O)[C@@H]1C[C@H](Oc2cc3c(Cl)ncnc3cc2OC)CCN1C(=O)OC(C)(C)C. The van der Waals surface area contributed by atoms with E-state index >= 15 is 0 Å². The van der Waals surface area contributed by atoms with Crippen LogP contribution >= 0.6 is 11.6 Å². The summed E-state index contributed by atoms with van der Waals surface area (Å²) in [4.78, 5) is 34.6. The molecule has 31 heavy (non-hydrogen) atoms. The molecular weight excluding hydrogens is 426 g/mol. The number of nitrogens with zero attached hydrogens (tertiary/aromatic N) is 3. The molecule has 2 heterocycles. The second-order valence-electron chi connectivity index (χ2n) is 8.16. The number of fused-ring (bicyclic) bond motifs is 1. The molecule has 1 aliphatic rings. The number of carbonyl (C=O) groups is 2. The van der Waals surface area contributed by atoms with Crippen molar-refractivity contribution in [1.29, 1.82) is 0 Å². The van der Waals surface area contributed by atoms with Gasteiger partial charge in [-0.05, 0) is 26.8 Å². The van der Waals surface area contributed by atoms with Gasteiger partial charge in [0.2, 0.25) is 0 Å². The zero-order chi connectivity index (χ0) is 22.8. The van der Waals surface area contributed by atoms with Crippen LogP contribution in [0.4, 0.5) is 4.79 Å². The lowest BCUT2D eigenvalue weighted by atomic mass is 9.99. The second kappa shape index (κ2) is 9.13. The lowest BCUT2D eigenvalue weighted by Crippen LogP contribution is -2.53. The summed E-state index contributed by atoms with van der Waals surface area (Å²) in [5, 5.41) is 0.917. The summed E-state index contributed by atoms with van der Waals surface area (Å²) in [7, 11) is 2.81. The second-order valence-corrected chi connectivity index (χ2v) is 8.52. The van der Waals surface area contributed by atoms with E-state index in [1.165, 1.54) is 25.4 Å². The zero-order valence-electron chi connectivity index (χ0n) is 18.2. The molecule has 0 bridgehead atoms. The molecule has 1 aromatic carbocycles. The third-order valence-corrected chi connectivity index (χ3v) is 5.12. The molecule has 0 N–H and O–H groups in total. The van der Waals surface area contributed by atoms with Crippen molar-refractivity contribution in [3.63, 3.8) is 0 Å². The predicted octanol–water partition coefficient (Wildman–Crippen LogP) is 3.61. The maximum Gasteiger partial charge on any atom is 0.411 e. The fraction of sp³-hybridized carbons (Fsp3) is 0.524. The smallest absolute Gasteiger partial charge is 0.411 e. The van der Waals surface area contributed by atoms with Crippen LogP contribution in [0, 0.1) is 0 Å². The quantitative estimate of drug-likeness (QED) is 0.513. The van der Waals surface area contributed by atoms with Crippen molar-refractivity contribution in [3.8, 4) is 11.5 Å². The molecule has 1 aromatic heterocycles. The number of halogens is 1. The van der Waals surface area contributed by atoms with Gasteiger partial charge < -0.3 is 18.9 Å². The molecule has 0 radical (unpaired) electrons. The topological polar surface area (TPSA) is 100 Å². The van der Waals surface area contributed by atoms with Gasteiger partial charge in [0.05, 0.1) is 19.7 Å². The molecule has 1 amide bonds. The Hall–Kier alpha value is -2.81. The molecule has 1 saturated heterocycles. The van der Waals surface area contributed by atoms with Crippen LogP contribution in [0.3, 0.4) is 0 Å². The third kappa shape index (κ3) is 5.28. The van der Waals surface area contributed by atoms with Crippen LogP contribution < -0.4 is 9.47 Å². The van der Waals surface area contributed by atoms with Gasteiger partial charge in [0.1, 0.15) is 29.2 Å².